The van der Waals surface area contributed by atoms with Crippen molar-refractivity contribution in [3.63, 3.8) is 0 Å². The van der Waals surface area contributed by atoms with Crippen molar-refractivity contribution in [3.05, 3.63) is 34.4 Å². The van der Waals surface area contributed by atoms with E-state index in [9.17, 15) is 0 Å². The molecule has 0 aliphatic rings. The van der Waals surface area contributed by atoms with Crippen molar-refractivity contribution in [2.24, 2.45) is 5.10 Å². The molecular formula is C17H24N4O2S. The number of para-hydroxylation sites is 1. The Balaban J connectivity index is 2.42. The Morgan fingerprint density at radius 2 is 2.08 bits per heavy atom. The first-order valence-corrected chi connectivity index (χ1v) is 8.58. The van der Waals surface area contributed by atoms with Crippen molar-refractivity contribution in [2.75, 3.05) is 13.7 Å². The van der Waals surface area contributed by atoms with Gasteiger partial charge < -0.3 is 9.47 Å². The fraction of sp³-hybridized carbons (Fsp3) is 0.471. The van der Waals surface area contributed by atoms with Crippen LogP contribution in [-0.2, 0) is 0 Å². The van der Waals surface area contributed by atoms with Gasteiger partial charge in [0, 0.05) is 11.5 Å². The third kappa shape index (κ3) is 3.84. The molecule has 1 N–H and O–H groups in total. The number of aromatic nitrogens is 3. The average molecular weight is 348 g/mol. The SMILES string of the molecule is CCOc1c(/C=N\n2c(C(CC)CC)n[nH]c2=S)cccc1OC. The fourth-order valence-corrected chi connectivity index (χ4v) is 2.73. The molecule has 1 aromatic carbocycles. The number of methoxy groups -OCH3 is 1. The molecule has 0 atom stereocenters. The fourth-order valence-electron chi connectivity index (χ4n) is 2.55. The Morgan fingerprint density at radius 3 is 2.71 bits per heavy atom. The Hall–Kier alpha value is -2.15. The lowest BCUT2D eigenvalue weighted by atomic mass is 10.0. The highest BCUT2D eigenvalue weighted by Gasteiger charge is 2.15. The molecule has 0 spiro atoms. The lowest BCUT2D eigenvalue weighted by Gasteiger charge is -2.12. The summed E-state index contributed by atoms with van der Waals surface area (Å²) in [4.78, 5) is 0. The molecular weight excluding hydrogens is 324 g/mol. The molecule has 0 saturated heterocycles. The molecule has 130 valence electrons. The van der Waals surface area contributed by atoms with Gasteiger partial charge in [0.2, 0.25) is 4.77 Å². The van der Waals surface area contributed by atoms with Crippen molar-refractivity contribution < 1.29 is 9.47 Å². The van der Waals surface area contributed by atoms with E-state index in [2.05, 4.69) is 29.1 Å². The van der Waals surface area contributed by atoms with Crippen LogP contribution >= 0.6 is 12.2 Å². The van der Waals surface area contributed by atoms with E-state index in [1.807, 2.05) is 25.1 Å². The summed E-state index contributed by atoms with van der Waals surface area (Å²) in [6, 6.07) is 5.69. The molecule has 1 aromatic heterocycles. The maximum absolute atomic E-state index is 5.70. The zero-order valence-corrected chi connectivity index (χ0v) is 15.4. The molecule has 2 aromatic rings. The lowest BCUT2D eigenvalue weighted by Crippen LogP contribution is -2.06. The van der Waals surface area contributed by atoms with Crippen LogP contribution in [0, 0.1) is 4.77 Å². The van der Waals surface area contributed by atoms with Crippen molar-refractivity contribution in [2.45, 2.75) is 39.5 Å². The number of H-pyrrole nitrogens is 1. The van der Waals surface area contributed by atoms with E-state index in [1.165, 1.54) is 0 Å². The predicted octanol–water partition coefficient (Wildman–Crippen LogP) is 4.13. The van der Waals surface area contributed by atoms with E-state index < -0.39 is 0 Å². The van der Waals surface area contributed by atoms with E-state index in [0.717, 1.165) is 24.2 Å². The van der Waals surface area contributed by atoms with Gasteiger partial charge in [-0.25, -0.2) is 0 Å². The molecule has 0 bridgehead atoms. The third-order valence-electron chi connectivity index (χ3n) is 3.86. The van der Waals surface area contributed by atoms with Crippen molar-refractivity contribution in [1.82, 2.24) is 14.9 Å². The molecule has 0 radical (unpaired) electrons. The van der Waals surface area contributed by atoms with Crippen LogP contribution in [0.1, 0.15) is 50.9 Å². The van der Waals surface area contributed by atoms with Gasteiger partial charge in [-0.1, -0.05) is 19.9 Å². The van der Waals surface area contributed by atoms with Crippen LogP contribution in [-0.4, -0.2) is 34.8 Å². The van der Waals surface area contributed by atoms with Crippen LogP contribution in [0.2, 0.25) is 0 Å². The number of aromatic amines is 1. The summed E-state index contributed by atoms with van der Waals surface area (Å²) in [6.45, 7) is 6.75. The first-order valence-electron chi connectivity index (χ1n) is 8.17. The first kappa shape index (κ1) is 18.2. The topological polar surface area (TPSA) is 64.4 Å². The van der Waals surface area contributed by atoms with E-state index in [0.29, 0.717) is 28.8 Å². The molecule has 0 aliphatic heterocycles. The van der Waals surface area contributed by atoms with E-state index >= 15 is 0 Å². The lowest BCUT2D eigenvalue weighted by molar-refractivity contribution is 0.310. The molecule has 1 heterocycles. The largest absolute Gasteiger partial charge is 0.493 e. The highest BCUT2D eigenvalue weighted by Crippen LogP contribution is 2.30. The van der Waals surface area contributed by atoms with Gasteiger partial charge >= 0.3 is 0 Å². The Bertz CT molecular complexity index is 747. The maximum Gasteiger partial charge on any atom is 0.216 e. The number of benzene rings is 1. The summed E-state index contributed by atoms with van der Waals surface area (Å²) in [5.41, 5.74) is 0.829. The molecule has 7 heteroatoms. The van der Waals surface area contributed by atoms with Gasteiger partial charge in [0.1, 0.15) is 0 Å². The van der Waals surface area contributed by atoms with Crippen LogP contribution in [0.15, 0.2) is 23.3 Å². The van der Waals surface area contributed by atoms with Gasteiger partial charge in [-0.2, -0.15) is 14.9 Å². The Morgan fingerprint density at radius 1 is 1.33 bits per heavy atom. The second-order valence-electron chi connectivity index (χ2n) is 5.27. The standard InChI is InChI=1S/C17H24N4O2S/c1-5-12(6-2)16-19-20-17(24)21(16)18-11-13-9-8-10-14(22-4)15(13)23-7-3/h8-12H,5-7H2,1-4H3,(H,20,24)/b18-11-. The van der Waals surface area contributed by atoms with E-state index in [4.69, 9.17) is 21.7 Å². The number of nitrogens with one attached hydrogen (secondary N) is 1. The van der Waals surface area contributed by atoms with E-state index in [-0.39, 0.29) is 0 Å². The van der Waals surface area contributed by atoms with Crippen LogP contribution in [0.4, 0.5) is 0 Å². The normalized spacial score (nSPS) is 11.4. The molecule has 0 unspecified atom stereocenters. The van der Waals surface area contributed by atoms with Gasteiger partial charge in [-0.3, -0.25) is 5.10 Å². The molecule has 2 rings (SSSR count). The van der Waals surface area contributed by atoms with Crippen LogP contribution in [0.25, 0.3) is 0 Å². The first-order chi connectivity index (χ1) is 11.7. The number of hydrogen-bond acceptors (Lipinski definition) is 5. The van der Waals surface area contributed by atoms with Gasteiger partial charge in [0.15, 0.2) is 17.3 Å². The monoisotopic (exact) mass is 348 g/mol. The summed E-state index contributed by atoms with van der Waals surface area (Å²) in [5.74, 6) is 2.51. The average Bonchev–Trinajstić information content (AvgIpc) is 2.96. The minimum atomic E-state index is 0.312. The molecule has 24 heavy (non-hydrogen) atoms. The molecule has 0 amide bonds. The summed E-state index contributed by atoms with van der Waals surface area (Å²) in [7, 11) is 1.62. The Kier molecular flexibility index (Phi) is 6.54. The van der Waals surface area contributed by atoms with E-state index in [1.54, 1.807) is 18.0 Å². The molecule has 0 saturated carbocycles. The minimum Gasteiger partial charge on any atom is -0.493 e. The number of nitrogens with zero attached hydrogens (tertiary/aromatic N) is 3. The van der Waals surface area contributed by atoms with Gasteiger partial charge in [0.05, 0.1) is 19.9 Å². The van der Waals surface area contributed by atoms with Crippen LogP contribution in [0.3, 0.4) is 0 Å². The zero-order chi connectivity index (χ0) is 17.5. The van der Waals surface area contributed by atoms with Gasteiger partial charge in [-0.05, 0) is 44.1 Å². The highest BCUT2D eigenvalue weighted by atomic mass is 32.1. The number of ether oxygens (including phenoxy) is 2. The summed E-state index contributed by atoms with van der Waals surface area (Å²) in [6.07, 6.45) is 3.69. The molecule has 0 fully saturated rings. The summed E-state index contributed by atoms with van der Waals surface area (Å²) < 4.78 is 13.2. The van der Waals surface area contributed by atoms with Crippen molar-refractivity contribution >= 4 is 18.4 Å². The second-order valence-corrected chi connectivity index (χ2v) is 5.66. The highest BCUT2D eigenvalue weighted by molar-refractivity contribution is 7.71. The summed E-state index contributed by atoms with van der Waals surface area (Å²) in [5, 5.41) is 11.7. The smallest absolute Gasteiger partial charge is 0.216 e. The maximum atomic E-state index is 5.70. The minimum absolute atomic E-state index is 0.312. The summed E-state index contributed by atoms with van der Waals surface area (Å²) >= 11 is 5.31. The number of rotatable bonds is 8. The third-order valence-corrected chi connectivity index (χ3v) is 4.12. The second kappa shape index (κ2) is 8.63. The van der Waals surface area contributed by atoms with Gasteiger partial charge in [-0.15, -0.1) is 0 Å². The molecule has 6 nitrogen and oxygen atoms in total. The van der Waals surface area contributed by atoms with Crippen molar-refractivity contribution in [3.8, 4) is 11.5 Å². The molecule has 0 aliphatic carbocycles. The zero-order valence-electron chi connectivity index (χ0n) is 14.6. The van der Waals surface area contributed by atoms with Crippen LogP contribution < -0.4 is 9.47 Å². The number of hydrogen-bond donors (Lipinski definition) is 1. The quantitative estimate of drug-likeness (QED) is 0.575. The Labute approximate surface area is 147 Å². The predicted molar refractivity (Wildman–Crippen MR) is 97.9 cm³/mol. The van der Waals surface area contributed by atoms with Crippen LogP contribution in [0.5, 0.6) is 11.5 Å². The van der Waals surface area contributed by atoms with Gasteiger partial charge in [0.25, 0.3) is 0 Å². The van der Waals surface area contributed by atoms with Crippen molar-refractivity contribution in [1.29, 1.82) is 0 Å².